The van der Waals surface area contributed by atoms with E-state index in [-0.39, 0.29) is 0 Å². The largest absolute Gasteiger partial charge is 0.256 e. The number of pyridine rings is 1. The van der Waals surface area contributed by atoms with Gasteiger partial charge in [-0.05, 0) is 115 Å². The molecule has 0 unspecified atom stereocenters. The lowest BCUT2D eigenvalue weighted by Gasteiger charge is -2.13. The molecule has 0 amide bonds. The van der Waals surface area contributed by atoms with Crippen LogP contribution in [-0.4, -0.2) is 4.98 Å². The van der Waals surface area contributed by atoms with Gasteiger partial charge in [-0.25, -0.2) is 0 Å². The lowest BCUT2D eigenvalue weighted by molar-refractivity contribution is 1.26. The molecule has 0 N–H and O–H groups in total. The third-order valence-electron chi connectivity index (χ3n) is 9.38. The number of fused-ring (bicyclic) bond motifs is 6. The second-order valence-corrected chi connectivity index (χ2v) is 12.1. The molecule has 1 heteroatoms. The standard InChI is InChI=1S/C45H29N/c1-2-7-30(8-3-1)31-12-13-32-14-15-34-18-21-36(28-42(34)40(32)25-24-31)37-22-23-38-27-39-9-6-10-41(45(39)43(38)29-37)33-16-19-35(20-17-33)44-11-4-5-26-46-44/h1-23,25-26,28-29H,27H2. The van der Waals surface area contributed by atoms with Gasteiger partial charge in [0.1, 0.15) is 0 Å². The summed E-state index contributed by atoms with van der Waals surface area (Å²) in [6.07, 6.45) is 9.36. The fraction of sp³-hybridized carbons (Fsp3) is 0.0222. The van der Waals surface area contributed by atoms with Crippen LogP contribution in [0.2, 0.25) is 0 Å². The van der Waals surface area contributed by atoms with E-state index in [9.17, 15) is 0 Å². The Kier molecular flexibility index (Phi) is 6.23. The van der Waals surface area contributed by atoms with Crippen LogP contribution in [-0.2, 0) is 6.42 Å². The minimum atomic E-state index is 0.962. The third kappa shape index (κ3) is 4.54. The van der Waals surface area contributed by atoms with Gasteiger partial charge >= 0.3 is 0 Å². The molecule has 46 heavy (non-hydrogen) atoms. The molecule has 7 aromatic rings. The van der Waals surface area contributed by atoms with Gasteiger partial charge in [-0.2, -0.15) is 0 Å². The van der Waals surface area contributed by atoms with E-state index in [1.165, 1.54) is 72.0 Å². The van der Waals surface area contributed by atoms with E-state index in [1.807, 2.05) is 18.3 Å². The Morgan fingerprint density at radius 3 is 2.17 bits per heavy atom. The lowest BCUT2D eigenvalue weighted by Crippen LogP contribution is -1.88. The van der Waals surface area contributed by atoms with Crippen LogP contribution in [0.5, 0.6) is 0 Å². The van der Waals surface area contributed by atoms with Crippen LogP contribution >= 0.6 is 0 Å². The summed E-state index contributed by atoms with van der Waals surface area (Å²) < 4.78 is 0. The maximum absolute atomic E-state index is 4.53. The van der Waals surface area contributed by atoms with E-state index in [1.54, 1.807) is 0 Å². The zero-order chi connectivity index (χ0) is 30.5. The maximum Gasteiger partial charge on any atom is 0.0701 e. The van der Waals surface area contributed by atoms with Crippen LogP contribution in [0.15, 0.2) is 158 Å². The van der Waals surface area contributed by atoms with E-state index in [0.29, 0.717) is 0 Å². The SMILES string of the molecule is C1=Cc2c(ccc3ccc(-c4ccc5c(c4)-c4c(cccc4-c4ccc(-c6ccccn6)cc4)C5)cc23)C=CC=1c1ccccc1. The molecule has 0 aliphatic heterocycles. The van der Waals surface area contributed by atoms with Crippen LogP contribution in [0.1, 0.15) is 27.8 Å². The van der Waals surface area contributed by atoms with Crippen LogP contribution in [0.4, 0.5) is 0 Å². The van der Waals surface area contributed by atoms with E-state index in [0.717, 1.165) is 23.3 Å². The monoisotopic (exact) mass is 583 g/mol. The van der Waals surface area contributed by atoms with Crippen molar-refractivity contribution in [3.05, 3.63) is 185 Å². The Hall–Kier alpha value is -6.01. The molecule has 1 nitrogen and oxygen atoms in total. The van der Waals surface area contributed by atoms with E-state index in [2.05, 4.69) is 156 Å². The summed E-state index contributed by atoms with van der Waals surface area (Å²) in [4.78, 5) is 4.53. The summed E-state index contributed by atoms with van der Waals surface area (Å²) in [6, 6.07) is 50.4. The van der Waals surface area contributed by atoms with Gasteiger partial charge in [-0.1, -0.05) is 121 Å². The van der Waals surface area contributed by atoms with Crippen molar-refractivity contribution in [1.29, 1.82) is 0 Å². The third-order valence-corrected chi connectivity index (χ3v) is 9.38. The predicted octanol–water partition coefficient (Wildman–Crippen LogP) is 11.5. The summed E-state index contributed by atoms with van der Waals surface area (Å²) >= 11 is 0. The fourth-order valence-electron chi connectivity index (χ4n) is 7.02. The zero-order valence-electron chi connectivity index (χ0n) is 25.2. The number of hydrogen-bond donors (Lipinski definition) is 0. The molecule has 1 aromatic heterocycles. The molecule has 0 atom stereocenters. The first-order chi connectivity index (χ1) is 22.8. The molecular weight excluding hydrogens is 555 g/mol. The Morgan fingerprint density at radius 2 is 1.30 bits per heavy atom. The van der Waals surface area contributed by atoms with E-state index in [4.69, 9.17) is 0 Å². The van der Waals surface area contributed by atoms with Gasteiger partial charge in [-0.15, -0.1) is 5.73 Å². The van der Waals surface area contributed by atoms with Crippen LogP contribution in [0.25, 0.3) is 73.1 Å². The number of nitrogens with zero attached hydrogens (tertiary/aromatic N) is 1. The average Bonchev–Trinajstić information content (AvgIpc) is 3.36. The fourth-order valence-corrected chi connectivity index (χ4v) is 7.02. The Morgan fingerprint density at radius 1 is 0.522 bits per heavy atom. The van der Waals surface area contributed by atoms with Gasteiger partial charge in [0.15, 0.2) is 0 Å². The molecule has 1 heterocycles. The molecular formula is C45H29N. The summed E-state index contributed by atoms with van der Waals surface area (Å²) in [7, 11) is 0. The smallest absolute Gasteiger partial charge is 0.0701 e. The molecule has 0 spiro atoms. The van der Waals surface area contributed by atoms with Crippen LogP contribution in [0, 0.1) is 0 Å². The van der Waals surface area contributed by atoms with Crippen molar-refractivity contribution in [2.45, 2.75) is 6.42 Å². The number of aromatic nitrogens is 1. The number of benzene rings is 6. The molecule has 0 radical (unpaired) electrons. The molecule has 0 fully saturated rings. The Bertz CT molecular complexity index is 2390. The van der Waals surface area contributed by atoms with E-state index >= 15 is 0 Å². The highest BCUT2D eigenvalue weighted by atomic mass is 14.7. The van der Waals surface area contributed by atoms with Crippen molar-refractivity contribution in [2.24, 2.45) is 0 Å². The van der Waals surface area contributed by atoms with Crippen molar-refractivity contribution < 1.29 is 0 Å². The summed E-state index contributed by atoms with van der Waals surface area (Å²) in [5.74, 6) is 0. The molecule has 6 aromatic carbocycles. The van der Waals surface area contributed by atoms with Gasteiger partial charge in [0.05, 0.1) is 5.69 Å². The highest BCUT2D eigenvalue weighted by molar-refractivity contribution is 6.00. The second-order valence-electron chi connectivity index (χ2n) is 12.1. The van der Waals surface area contributed by atoms with Gasteiger partial charge in [0, 0.05) is 17.3 Å². The van der Waals surface area contributed by atoms with Crippen molar-refractivity contribution in [2.75, 3.05) is 0 Å². The topological polar surface area (TPSA) is 12.9 Å². The quantitative estimate of drug-likeness (QED) is 0.188. The van der Waals surface area contributed by atoms with Crippen molar-refractivity contribution >= 4 is 28.5 Å². The highest BCUT2D eigenvalue weighted by Crippen LogP contribution is 2.45. The van der Waals surface area contributed by atoms with Crippen LogP contribution < -0.4 is 0 Å². The molecule has 2 aliphatic carbocycles. The normalized spacial score (nSPS) is 12.7. The second kappa shape index (κ2) is 10.9. The zero-order valence-corrected chi connectivity index (χ0v) is 25.2. The minimum Gasteiger partial charge on any atom is -0.256 e. The van der Waals surface area contributed by atoms with Gasteiger partial charge in [-0.3, -0.25) is 4.98 Å². The Labute approximate surface area is 269 Å². The maximum atomic E-state index is 4.53. The van der Waals surface area contributed by atoms with Crippen LogP contribution in [0.3, 0.4) is 0 Å². The first-order valence-corrected chi connectivity index (χ1v) is 15.8. The molecule has 9 rings (SSSR count). The predicted molar refractivity (Wildman–Crippen MR) is 193 cm³/mol. The van der Waals surface area contributed by atoms with Crippen molar-refractivity contribution in [1.82, 2.24) is 4.98 Å². The highest BCUT2D eigenvalue weighted by Gasteiger charge is 2.23. The number of hydrogen-bond acceptors (Lipinski definition) is 1. The minimum absolute atomic E-state index is 0.962. The molecule has 0 saturated heterocycles. The molecule has 2 aliphatic rings. The molecule has 0 bridgehead atoms. The van der Waals surface area contributed by atoms with Gasteiger partial charge < -0.3 is 0 Å². The van der Waals surface area contributed by atoms with E-state index < -0.39 is 0 Å². The average molecular weight is 584 g/mol. The molecule has 214 valence electrons. The summed E-state index contributed by atoms with van der Waals surface area (Å²) in [6.45, 7) is 0. The first-order valence-electron chi connectivity index (χ1n) is 15.8. The van der Waals surface area contributed by atoms with Crippen molar-refractivity contribution in [3.63, 3.8) is 0 Å². The molecule has 0 saturated carbocycles. The van der Waals surface area contributed by atoms with Gasteiger partial charge in [0.25, 0.3) is 0 Å². The van der Waals surface area contributed by atoms with Gasteiger partial charge in [0.2, 0.25) is 0 Å². The lowest BCUT2D eigenvalue weighted by atomic mass is 9.91. The number of rotatable bonds is 4. The van der Waals surface area contributed by atoms with Crippen molar-refractivity contribution in [3.8, 4) is 44.6 Å². The summed E-state index contributed by atoms with van der Waals surface area (Å²) in [5, 5.41) is 2.48. The number of allylic oxidation sites excluding steroid dienone is 2. The summed E-state index contributed by atoms with van der Waals surface area (Å²) in [5.41, 5.74) is 20.8. The Balaban J connectivity index is 1.12. The first kappa shape index (κ1) is 26.4.